The lowest BCUT2D eigenvalue weighted by atomic mass is 10.00. The summed E-state index contributed by atoms with van der Waals surface area (Å²) in [5.74, 6) is 0.378. The molecule has 3 aliphatic rings. The number of nitrogens with one attached hydrogen (secondary N) is 1. The van der Waals surface area contributed by atoms with Crippen LogP contribution in [0, 0.1) is 11.7 Å². The molecule has 1 aliphatic carbocycles. The van der Waals surface area contributed by atoms with E-state index < -0.39 is 6.10 Å². The Morgan fingerprint density at radius 3 is 2.41 bits per heavy atom. The number of carbonyl (C=O) groups excluding carboxylic acids is 1. The minimum Gasteiger partial charge on any atom is -0.490 e. The second-order valence-electron chi connectivity index (χ2n) is 9.86. The van der Waals surface area contributed by atoms with E-state index in [4.69, 9.17) is 4.74 Å². The number of anilines is 1. The number of rotatable bonds is 9. The second kappa shape index (κ2) is 10.3. The van der Waals surface area contributed by atoms with E-state index >= 15 is 0 Å². The van der Waals surface area contributed by atoms with Crippen molar-refractivity contribution in [2.24, 2.45) is 5.92 Å². The van der Waals surface area contributed by atoms with Gasteiger partial charge in [0, 0.05) is 25.3 Å². The molecule has 3 atom stereocenters. The summed E-state index contributed by atoms with van der Waals surface area (Å²) in [7, 11) is 0. The number of ether oxygens (including phenoxy) is 1. The highest BCUT2D eigenvalue weighted by Gasteiger charge is 2.33. The predicted molar refractivity (Wildman–Crippen MR) is 129 cm³/mol. The fraction of sp³-hybridized carbons (Fsp3) is 0.519. The third-order valence-electron chi connectivity index (χ3n) is 7.16. The molecule has 0 radical (unpaired) electrons. The maximum absolute atomic E-state index is 13.3. The third-order valence-corrected chi connectivity index (χ3v) is 7.16. The van der Waals surface area contributed by atoms with E-state index in [0.29, 0.717) is 19.2 Å². The summed E-state index contributed by atoms with van der Waals surface area (Å²) in [5.41, 5.74) is 1.71. The molecule has 0 unspecified atom stereocenters. The minimum absolute atomic E-state index is 0.0263. The molecule has 5 rings (SSSR count). The molecule has 1 amide bonds. The molecule has 0 spiro atoms. The van der Waals surface area contributed by atoms with Crippen LogP contribution in [0.3, 0.4) is 0 Å². The smallest absolute Gasteiger partial charge is 0.225 e. The van der Waals surface area contributed by atoms with Gasteiger partial charge < -0.3 is 25.0 Å². The van der Waals surface area contributed by atoms with Crippen molar-refractivity contribution in [3.05, 3.63) is 59.9 Å². The van der Waals surface area contributed by atoms with Crippen molar-refractivity contribution in [3.63, 3.8) is 0 Å². The Morgan fingerprint density at radius 2 is 1.74 bits per heavy atom. The van der Waals surface area contributed by atoms with Crippen LogP contribution in [0.15, 0.2) is 48.5 Å². The summed E-state index contributed by atoms with van der Waals surface area (Å²) in [6.07, 6.45) is 4.79. The highest BCUT2D eigenvalue weighted by Crippen LogP contribution is 2.29. The van der Waals surface area contributed by atoms with Gasteiger partial charge in [0.25, 0.3) is 0 Å². The first-order valence-corrected chi connectivity index (χ1v) is 12.5. The summed E-state index contributed by atoms with van der Waals surface area (Å²) in [4.78, 5) is 17.7. The van der Waals surface area contributed by atoms with Crippen LogP contribution in [0.4, 0.5) is 10.1 Å². The maximum atomic E-state index is 13.3. The van der Waals surface area contributed by atoms with Gasteiger partial charge in [0.15, 0.2) is 0 Å². The van der Waals surface area contributed by atoms with Gasteiger partial charge in [-0.3, -0.25) is 4.79 Å². The molecule has 2 saturated heterocycles. The Balaban J connectivity index is 1.23. The average Bonchev–Trinajstić information content (AvgIpc) is 3.29. The van der Waals surface area contributed by atoms with Gasteiger partial charge in [-0.05, 0) is 87.2 Å². The van der Waals surface area contributed by atoms with Crippen molar-refractivity contribution in [1.29, 1.82) is 0 Å². The number of carbonyl (C=O) groups is 1. The molecule has 0 aromatic heterocycles. The van der Waals surface area contributed by atoms with Crippen LogP contribution in [-0.2, 0) is 4.79 Å². The lowest BCUT2D eigenvalue weighted by Crippen LogP contribution is -2.48. The number of nitrogens with zero attached hydrogens (tertiary/aromatic N) is 2. The van der Waals surface area contributed by atoms with Crippen molar-refractivity contribution >= 4 is 11.6 Å². The zero-order valence-electron chi connectivity index (χ0n) is 19.5. The van der Waals surface area contributed by atoms with Crippen molar-refractivity contribution in [1.82, 2.24) is 10.2 Å². The van der Waals surface area contributed by atoms with Crippen LogP contribution in [0.25, 0.3) is 0 Å². The first kappa shape index (κ1) is 23.1. The number of aliphatic hydroxyl groups excluding tert-OH is 1. The molecule has 6 nitrogen and oxygen atoms in total. The van der Waals surface area contributed by atoms with Crippen molar-refractivity contribution < 1.29 is 19.0 Å². The number of hydrogen-bond acceptors (Lipinski definition) is 5. The summed E-state index contributed by atoms with van der Waals surface area (Å²) < 4.78 is 19.1. The van der Waals surface area contributed by atoms with Gasteiger partial charge in [-0.2, -0.15) is 0 Å². The summed E-state index contributed by atoms with van der Waals surface area (Å²) in [6, 6.07) is 13.6. The topological polar surface area (TPSA) is 65.0 Å². The van der Waals surface area contributed by atoms with Gasteiger partial charge in [0.1, 0.15) is 17.7 Å². The summed E-state index contributed by atoms with van der Waals surface area (Å²) in [6.45, 7) is 3.97. The molecule has 7 heteroatoms. The first-order chi connectivity index (χ1) is 16.5. The van der Waals surface area contributed by atoms with Gasteiger partial charge in [-0.1, -0.05) is 12.1 Å². The van der Waals surface area contributed by atoms with E-state index in [2.05, 4.69) is 15.1 Å². The van der Waals surface area contributed by atoms with E-state index in [9.17, 15) is 14.3 Å². The fourth-order valence-electron chi connectivity index (χ4n) is 4.98. The van der Waals surface area contributed by atoms with Gasteiger partial charge in [0.05, 0.1) is 18.1 Å². The molecule has 3 fully saturated rings. The van der Waals surface area contributed by atoms with E-state index in [0.717, 1.165) is 68.7 Å². The molecule has 2 heterocycles. The van der Waals surface area contributed by atoms with Gasteiger partial charge in [-0.25, -0.2) is 4.39 Å². The largest absolute Gasteiger partial charge is 0.490 e. The first-order valence-electron chi connectivity index (χ1n) is 12.5. The van der Waals surface area contributed by atoms with Gasteiger partial charge in [-0.15, -0.1) is 0 Å². The maximum Gasteiger partial charge on any atom is 0.225 e. The van der Waals surface area contributed by atoms with Gasteiger partial charge >= 0.3 is 0 Å². The second-order valence-corrected chi connectivity index (χ2v) is 9.86. The highest BCUT2D eigenvalue weighted by atomic mass is 19.1. The van der Waals surface area contributed by atoms with Crippen LogP contribution in [-0.4, -0.2) is 60.8 Å². The molecule has 2 aromatic rings. The van der Waals surface area contributed by atoms with Crippen molar-refractivity contribution in [3.8, 4) is 5.75 Å². The fourth-order valence-corrected chi connectivity index (χ4v) is 4.98. The van der Waals surface area contributed by atoms with E-state index in [-0.39, 0.29) is 23.7 Å². The number of halogens is 1. The molecule has 0 bridgehead atoms. The highest BCUT2D eigenvalue weighted by molar-refractivity contribution is 5.80. The number of hydrogen-bond donors (Lipinski definition) is 2. The Labute approximate surface area is 200 Å². The molecule has 2 aromatic carbocycles. The SMILES string of the molecule is O=C(N[C@H](CN1CCCC1)[C@H](O)c1ccc(OC2CC2)cc1)[C@@H]1CCN(c2ccc(F)cc2)C1. The number of benzene rings is 2. The Morgan fingerprint density at radius 1 is 1.03 bits per heavy atom. The van der Waals surface area contributed by atoms with Crippen LogP contribution in [0.5, 0.6) is 5.75 Å². The zero-order chi connectivity index (χ0) is 23.5. The molecule has 34 heavy (non-hydrogen) atoms. The van der Waals surface area contributed by atoms with Crippen molar-refractivity contribution in [2.75, 3.05) is 37.6 Å². The Bertz CT molecular complexity index is 958. The van der Waals surface area contributed by atoms with Crippen LogP contribution in [0.2, 0.25) is 0 Å². The third kappa shape index (κ3) is 5.70. The Kier molecular flexibility index (Phi) is 7.02. The summed E-state index contributed by atoms with van der Waals surface area (Å²) in [5, 5.41) is 14.4. The van der Waals surface area contributed by atoms with Crippen molar-refractivity contribution in [2.45, 2.75) is 50.4 Å². The van der Waals surface area contributed by atoms with E-state index in [1.807, 2.05) is 24.3 Å². The zero-order valence-corrected chi connectivity index (χ0v) is 19.5. The lowest BCUT2D eigenvalue weighted by Gasteiger charge is -2.30. The number of aliphatic hydroxyl groups is 1. The normalized spacial score (nSPS) is 22.5. The minimum atomic E-state index is -0.797. The summed E-state index contributed by atoms with van der Waals surface area (Å²) >= 11 is 0. The van der Waals surface area contributed by atoms with E-state index in [1.54, 1.807) is 12.1 Å². The van der Waals surface area contributed by atoms with Crippen LogP contribution < -0.4 is 15.0 Å². The quantitative estimate of drug-likeness (QED) is 0.591. The molecule has 2 N–H and O–H groups in total. The predicted octanol–water partition coefficient (Wildman–Crippen LogP) is 3.51. The van der Waals surface area contributed by atoms with Crippen LogP contribution >= 0.6 is 0 Å². The Hall–Kier alpha value is -2.64. The molecular weight excluding hydrogens is 433 g/mol. The van der Waals surface area contributed by atoms with Crippen LogP contribution in [0.1, 0.15) is 43.8 Å². The lowest BCUT2D eigenvalue weighted by molar-refractivity contribution is -0.126. The number of amides is 1. The number of likely N-dealkylation sites (tertiary alicyclic amines) is 1. The molecular formula is C27H34FN3O3. The molecule has 2 aliphatic heterocycles. The van der Waals surface area contributed by atoms with E-state index in [1.165, 1.54) is 12.1 Å². The average molecular weight is 468 g/mol. The van der Waals surface area contributed by atoms with Gasteiger partial charge in [0.2, 0.25) is 5.91 Å². The monoisotopic (exact) mass is 467 g/mol. The molecule has 182 valence electrons. The molecule has 1 saturated carbocycles. The standard InChI is InChI=1S/C27H34FN3O3/c28-21-5-7-22(8-6-21)31-16-13-20(17-31)27(33)29-25(18-30-14-1-2-15-30)26(32)19-3-9-23(10-4-19)34-24-11-12-24/h3-10,20,24-26,32H,1-2,11-18H2,(H,29,33)/t20-,25-,26-/m1/s1.